The molecule has 7 heteroatoms. The summed E-state index contributed by atoms with van der Waals surface area (Å²) >= 11 is 0. The zero-order valence-corrected chi connectivity index (χ0v) is 17.5. The highest BCUT2D eigenvalue weighted by Gasteiger charge is 2.44. The fourth-order valence-electron chi connectivity index (χ4n) is 3.00. The van der Waals surface area contributed by atoms with Crippen molar-refractivity contribution in [1.82, 2.24) is 9.55 Å². The Labute approximate surface area is 150 Å². The van der Waals surface area contributed by atoms with Gasteiger partial charge in [0.2, 0.25) is 0 Å². The third-order valence-electron chi connectivity index (χ3n) is 6.17. The van der Waals surface area contributed by atoms with Crippen LogP contribution in [0.25, 0.3) is 0 Å². The first-order chi connectivity index (χ1) is 11.5. The summed E-state index contributed by atoms with van der Waals surface area (Å²) in [7, 11) is -1.89. The molecule has 0 spiro atoms. The van der Waals surface area contributed by atoms with Gasteiger partial charge in [-0.1, -0.05) is 27.7 Å². The van der Waals surface area contributed by atoms with E-state index in [1.807, 2.05) is 0 Å². The van der Waals surface area contributed by atoms with E-state index in [0.29, 0.717) is 18.1 Å². The first kappa shape index (κ1) is 20.1. The second-order valence-corrected chi connectivity index (χ2v) is 13.1. The molecule has 1 fully saturated rings. The summed E-state index contributed by atoms with van der Waals surface area (Å²) in [5, 5.41) is 0.165. The third kappa shape index (κ3) is 4.15. The average Bonchev–Trinajstić information content (AvgIpc) is 2.97. The Morgan fingerprint density at radius 1 is 1.36 bits per heavy atom. The number of nitrogens with one attached hydrogen (secondary N) is 1. The predicted molar refractivity (Wildman–Crippen MR) is 102 cm³/mol. The minimum absolute atomic E-state index is 0.0149. The fourth-order valence-corrected chi connectivity index (χ4v) is 5.36. The summed E-state index contributed by atoms with van der Waals surface area (Å²) in [5.41, 5.74) is -0.254. The van der Waals surface area contributed by atoms with Gasteiger partial charge in [0.25, 0.3) is 5.56 Å². The van der Waals surface area contributed by atoms with Gasteiger partial charge in [0, 0.05) is 11.8 Å². The largest absolute Gasteiger partial charge is 0.414 e. The number of aromatic amines is 1. The summed E-state index contributed by atoms with van der Waals surface area (Å²) < 4.78 is 13.9. The van der Waals surface area contributed by atoms with Crippen molar-refractivity contribution in [2.45, 2.75) is 77.9 Å². The zero-order valence-electron chi connectivity index (χ0n) is 16.5. The van der Waals surface area contributed by atoms with Crippen LogP contribution in [0.5, 0.6) is 0 Å². The summed E-state index contributed by atoms with van der Waals surface area (Å²) in [6.07, 6.45) is 2.82. The third-order valence-corrected chi connectivity index (χ3v) is 10.7. The van der Waals surface area contributed by atoms with Crippen LogP contribution in [-0.2, 0) is 9.16 Å². The molecule has 25 heavy (non-hydrogen) atoms. The van der Waals surface area contributed by atoms with E-state index in [9.17, 15) is 9.59 Å². The number of nitrogens with zero attached hydrogens (tertiary/aromatic N) is 1. The van der Waals surface area contributed by atoms with Crippen molar-refractivity contribution in [3.63, 3.8) is 0 Å². The highest BCUT2D eigenvalue weighted by atomic mass is 28.4. The van der Waals surface area contributed by atoms with Crippen LogP contribution in [0.15, 0.2) is 15.8 Å². The molecule has 2 heterocycles. The smallest absolute Gasteiger partial charge is 0.330 e. The molecule has 0 unspecified atom stereocenters. The minimum atomic E-state index is -1.89. The van der Waals surface area contributed by atoms with E-state index < -0.39 is 14.0 Å². The van der Waals surface area contributed by atoms with Crippen molar-refractivity contribution in [2.75, 3.05) is 6.61 Å². The van der Waals surface area contributed by atoms with Crippen molar-refractivity contribution >= 4 is 8.32 Å². The molecule has 1 aromatic heterocycles. The molecule has 0 radical (unpaired) electrons. The Kier molecular flexibility index (Phi) is 5.80. The second-order valence-electron chi connectivity index (χ2n) is 8.47. The Hall–Kier alpha value is -1.18. The summed E-state index contributed by atoms with van der Waals surface area (Å²) in [6, 6.07) is 0. The molecule has 6 nitrogen and oxygen atoms in total. The molecule has 1 aliphatic heterocycles. The topological polar surface area (TPSA) is 73.3 Å². The molecule has 2 atom stereocenters. The van der Waals surface area contributed by atoms with Crippen LogP contribution in [-0.4, -0.2) is 30.6 Å². The van der Waals surface area contributed by atoms with Gasteiger partial charge in [0.05, 0.1) is 12.7 Å². The first-order valence-corrected chi connectivity index (χ1v) is 12.0. The van der Waals surface area contributed by atoms with Crippen molar-refractivity contribution < 1.29 is 9.16 Å². The van der Waals surface area contributed by atoms with Crippen LogP contribution in [0.4, 0.5) is 0 Å². The van der Waals surface area contributed by atoms with Crippen molar-refractivity contribution in [3.8, 4) is 0 Å². The molecule has 0 aromatic carbocycles. The highest BCUT2D eigenvalue weighted by molar-refractivity contribution is 6.74. The van der Waals surface area contributed by atoms with Crippen LogP contribution in [0.2, 0.25) is 18.1 Å². The SMILES string of the molecule is Cc1cn([C@H]2CC[C@@H](CO[Si](C)(C)C(C)(C)C(C)C)O2)c(=O)[nH]c1=O. The van der Waals surface area contributed by atoms with E-state index in [2.05, 4.69) is 45.8 Å². The van der Waals surface area contributed by atoms with E-state index >= 15 is 0 Å². The number of aromatic nitrogens is 2. The Bertz CT molecular complexity index is 721. The molecule has 0 amide bonds. The van der Waals surface area contributed by atoms with Gasteiger partial charge in [-0.15, -0.1) is 0 Å². The Morgan fingerprint density at radius 2 is 2.00 bits per heavy atom. The van der Waals surface area contributed by atoms with Crippen LogP contribution in [0.1, 0.15) is 52.3 Å². The van der Waals surface area contributed by atoms with E-state index in [1.54, 1.807) is 13.1 Å². The van der Waals surface area contributed by atoms with Gasteiger partial charge in [-0.3, -0.25) is 14.3 Å². The predicted octanol–water partition coefficient (Wildman–Crippen LogP) is 3.18. The normalized spacial score (nSPS) is 21.9. The van der Waals surface area contributed by atoms with E-state index in [4.69, 9.17) is 9.16 Å². The lowest BCUT2D eigenvalue weighted by molar-refractivity contribution is -0.0226. The monoisotopic (exact) mass is 368 g/mol. The van der Waals surface area contributed by atoms with Gasteiger partial charge < -0.3 is 9.16 Å². The lowest BCUT2D eigenvalue weighted by atomic mass is 9.99. The van der Waals surface area contributed by atoms with Gasteiger partial charge in [-0.2, -0.15) is 0 Å². The number of H-pyrrole nitrogens is 1. The van der Waals surface area contributed by atoms with Crippen molar-refractivity contribution in [2.24, 2.45) is 5.92 Å². The maximum absolute atomic E-state index is 12.0. The van der Waals surface area contributed by atoms with Gasteiger partial charge in [-0.05, 0) is 43.8 Å². The highest BCUT2D eigenvalue weighted by Crippen LogP contribution is 2.44. The van der Waals surface area contributed by atoms with Crippen LogP contribution in [0, 0.1) is 12.8 Å². The lowest BCUT2D eigenvalue weighted by Gasteiger charge is -2.42. The van der Waals surface area contributed by atoms with Gasteiger partial charge in [0.15, 0.2) is 8.32 Å². The quantitative estimate of drug-likeness (QED) is 0.783. The number of hydrogen-bond donors (Lipinski definition) is 1. The molecule has 1 N–H and O–H groups in total. The molecule has 0 saturated carbocycles. The van der Waals surface area contributed by atoms with Crippen molar-refractivity contribution in [3.05, 3.63) is 32.6 Å². The second kappa shape index (κ2) is 7.21. The van der Waals surface area contributed by atoms with Gasteiger partial charge in [-0.25, -0.2) is 4.79 Å². The first-order valence-electron chi connectivity index (χ1n) is 9.07. The van der Waals surface area contributed by atoms with Crippen LogP contribution < -0.4 is 11.2 Å². The molecule has 1 aromatic rings. The average molecular weight is 369 g/mol. The van der Waals surface area contributed by atoms with Crippen molar-refractivity contribution in [1.29, 1.82) is 0 Å². The van der Waals surface area contributed by atoms with E-state index in [0.717, 1.165) is 12.8 Å². The number of ether oxygens (including phenoxy) is 1. The summed E-state index contributed by atoms with van der Waals surface area (Å²) in [5.74, 6) is 0.550. The maximum Gasteiger partial charge on any atom is 0.330 e. The molecule has 1 aliphatic rings. The number of hydrogen-bond acceptors (Lipinski definition) is 4. The molecule has 2 rings (SSSR count). The minimum Gasteiger partial charge on any atom is -0.414 e. The maximum atomic E-state index is 12.0. The van der Waals surface area contributed by atoms with Gasteiger partial charge in [0.1, 0.15) is 6.23 Å². The van der Waals surface area contributed by atoms with Crippen LogP contribution in [0.3, 0.4) is 0 Å². The van der Waals surface area contributed by atoms with E-state index in [1.165, 1.54) is 4.57 Å². The molecule has 1 saturated heterocycles. The molecular weight excluding hydrogens is 336 g/mol. The fraction of sp³-hybridized carbons (Fsp3) is 0.778. The van der Waals surface area contributed by atoms with E-state index in [-0.39, 0.29) is 22.9 Å². The summed E-state index contributed by atoms with van der Waals surface area (Å²) in [4.78, 5) is 25.9. The number of aryl methyl sites for hydroxylation is 1. The number of rotatable bonds is 6. The molecule has 0 bridgehead atoms. The zero-order chi connectivity index (χ0) is 19.0. The lowest BCUT2D eigenvalue weighted by Crippen LogP contribution is -2.46. The Balaban J connectivity index is 2.01. The Morgan fingerprint density at radius 3 is 2.60 bits per heavy atom. The van der Waals surface area contributed by atoms with Gasteiger partial charge >= 0.3 is 5.69 Å². The standard InChI is InChI=1S/C18H32N2O4Si/c1-12(2)18(4,5)25(6,7)23-11-14-8-9-15(24-14)20-10-13(3)16(21)19-17(20)22/h10,12,14-15H,8-9,11H2,1-7H3,(H,19,21,22)/t14-,15+/m0/s1. The van der Waals surface area contributed by atoms with Crippen LogP contribution >= 0.6 is 0 Å². The summed E-state index contributed by atoms with van der Waals surface area (Å²) in [6.45, 7) is 15.8. The molecular formula is C18H32N2O4Si. The molecule has 142 valence electrons. The molecule has 0 aliphatic carbocycles.